The maximum atomic E-state index is 12.3. The third-order valence-electron chi connectivity index (χ3n) is 5.00. The standard InChI is InChI=1S/C20H24O3Si/c1-13-11-16-18(14-9-7-8-10-15(14)19(21)22-16)17(12-13)23-24(5,6)20(2,3)4/h7-12H,1-6H3. The Morgan fingerprint density at radius 2 is 1.67 bits per heavy atom. The molecule has 0 radical (unpaired) electrons. The lowest BCUT2D eigenvalue weighted by molar-refractivity contribution is 0.494. The highest BCUT2D eigenvalue weighted by Gasteiger charge is 2.39. The van der Waals surface area contributed by atoms with Crippen molar-refractivity contribution in [3.63, 3.8) is 0 Å². The summed E-state index contributed by atoms with van der Waals surface area (Å²) in [6, 6.07) is 11.5. The molecule has 3 rings (SSSR count). The number of rotatable bonds is 2. The van der Waals surface area contributed by atoms with Crippen LogP contribution in [0.15, 0.2) is 45.6 Å². The van der Waals surface area contributed by atoms with Crippen LogP contribution < -0.4 is 10.1 Å². The summed E-state index contributed by atoms with van der Waals surface area (Å²) in [5.74, 6) is 0.816. The lowest BCUT2D eigenvalue weighted by Crippen LogP contribution is -2.43. The summed E-state index contributed by atoms with van der Waals surface area (Å²) in [7, 11) is -2.01. The van der Waals surface area contributed by atoms with Gasteiger partial charge in [0.2, 0.25) is 0 Å². The minimum atomic E-state index is -2.01. The van der Waals surface area contributed by atoms with Crippen LogP contribution in [0, 0.1) is 6.92 Å². The van der Waals surface area contributed by atoms with Gasteiger partial charge >= 0.3 is 5.63 Å². The first-order chi connectivity index (χ1) is 11.1. The lowest BCUT2D eigenvalue weighted by atomic mass is 10.1. The van der Waals surface area contributed by atoms with E-state index in [0.717, 1.165) is 22.1 Å². The molecule has 1 aromatic heterocycles. The molecule has 0 bridgehead atoms. The fourth-order valence-corrected chi connectivity index (χ4v) is 3.63. The van der Waals surface area contributed by atoms with Gasteiger partial charge in [0.25, 0.3) is 8.32 Å². The second-order valence-corrected chi connectivity index (χ2v) is 12.7. The molecule has 0 N–H and O–H groups in total. The fourth-order valence-electron chi connectivity index (χ4n) is 2.61. The van der Waals surface area contributed by atoms with Crippen LogP contribution in [0.2, 0.25) is 18.1 Å². The first-order valence-corrected chi connectivity index (χ1v) is 11.2. The van der Waals surface area contributed by atoms with Gasteiger partial charge in [-0.15, -0.1) is 0 Å². The maximum Gasteiger partial charge on any atom is 0.344 e. The van der Waals surface area contributed by atoms with Gasteiger partial charge in [-0.3, -0.25) is 0 Å². The van der Waals surface area contributed by atoms with Crippen LogP contribution in [-0.4, -0.2) is 8.32 Å². The molecule has 3 aromatic rings. The van der Waals surface area contributed by atoms with E-state index in [9.17, 15) is 4.79 Å². The molecule has 0 saturated carbocycles. The Balaban J connectivity index is 2.36. The number of fused-ring (bicyclic) bond motifs is 3. The first-order valence-electron chi connectivity index (χ1n) is 8.25. The van der Waals surface area contributed by atoms with Crippen molar-refractivity contribution in [2.75, 3.05) is 0 Å². The number of benzene rings is 2. The molecule has 0 saturated heterocycles. The van der Waals surface area contributed by atoms with Crippen molar-refractivity contribution in [3.8, 4) is 5.75 Å². The predicted molar refractivity (Wildman–Crippen MR) is 103 cm³/mol. The van der Waals surface area contributed by atoms with Crippen LogP contribution in [0.3, 0.4) is 0 Å². The minimum Gasteiger partial charge on any atom is -0.543 e. The maximum absolute atomic E-state index is 12.3. The summed E-state index contributed by atoms with van der Waals surface area (Å²) in [6.45, 7) is 13.1. The molecular formula is C20H24O3Si. The van der Waals surface area contributed by atoms with Crippen molar-refractivity contribution in [2.24, 2.45) is 0 Å². The SMILES string of the molecule is Cc1cc(O[Si](C)(C)C(C)(C)C)c2c(c1)oc(=O)c1ccccc12. The minimum absolute atomic E-state index is 0.0918. The highest BCUT2D eigenvalue weighted by Crippen LogP contribution is 2.40. The zero-order valence-corrected chi connectivity index (χ0v) is 16.2. The van der Waals surface area contributed by atoms with Crippen molar-refractivity contribution in [2.45, 2.75) is 45.8 Å². The molecule has 0 spiro atoms. The van der Waals surface area contributed by atoms with Crippen LogP contribution in [0.4, 0.5) is 0 Å². The van der Waals surface area contributed by atoms with E-state index in [0.29, 0.717) is 11.0 Å². The van der Waals surface area contributed by atoms with E-state index in [1.807, 2.05) is 31.2 Å². The summed E-state index contributed by atoms with van der Waals surface area (Å²) < 4.78 is 12.2. The van der Waals surface area contributed by atoms with Crippen molar-refractivity contribution >= 4 is 30.1 Å². The Morgan fingerprint density at radius 3 is 2.29 bits per heavy atom. The number of hydrogen-bond donors (Lipinski definition) is 0. The normalized spacial score (nSPS) is 12.8. The Kier molecular flexibility index (Phi) is 3.83. The van der Waals surface area contributed by atoms with Crippen molar-refractivity contribution < 1.29 is 8.84 Å². The summed E-state index contributed by atoms with van der Waals surface area (Å²) in [5.41, 5.74) is 1.31. The van der Waals surface area contributed by atoms with Crippen molar-refractivity contribution in [3.05, 3.63) is 52.4 Å². The molecule has 0 amide bonds. The second-order valence-electron chi connectivity index (χ2n) is 7.93. The van der Waals surface area contributed by atoms with E-state index in [1.165, 1.54) is 0 Å². The molecule has 0 fully saturated rings. The Hall–Kier alpha value is -2.07. The van der Waals surface area contributed by atoms with Crippen molar-refractivity contribution in [1.82, 2.24) is 0 Å². The molecular weight excluding hydrogens is 316 g/mol. The zero-order valence-electron chi connectivity index (χ0n) is 15.2. The summed E-state index contributed by atoms with van der Waals surface area (Å²) >= 11 is 0. The van der Waals surface area contributed by atoms with Crippen LogP contribution in [-0.2, 0) is 0 Å². The first kappa shape index (κ1) is 16.8. The van der Waals surface area contributed by atoms with Crippen LogP contribution in [0.25, 0.3) is 21.7 Å². The molecule has 2 aromatic carbocycles. The van der Waals surface area contributed by atoms with Gasteiger partial charge in [0.15, 0.2) is 0 Å². The van der Waals surface area contributed by atoms with Gasteiger partial charge < -0.3 is 8.84 Å². The van der Waals surface area contributed by atoms with E-state index in [-0.39, 0.29) is 10.7 Å². The molecule has 0 aliphatic carbocycles. The van der Waals surface area contributed by atoms with E-state index in [2.05, 4.69) is 39.9 Å². The van der Waals surface area contributed by atoms with Crippen LogP contribution >= 0.6 is 0 Å². The molecule has 0 aliphatic rings. The zero-order chi connectivity index (χ0) is 17.7. The quantitative estimate of drug-likeness (QED) is 0.344. The Bertz CT molecular complexity index is 978. The Morgan fingerprint density at radius 1 is 1.04 bits per heavy atom. The van der Waals surface area contributed by atoms with E-state index in [1.54, 1.807) is 6.07 Å². The molecule has 24 heavy (non-hydrogen) atoms. The van der Waals surface area contributed by atoms with Gasteiger partial charge in [0, 0.05) is 5.39 Å². The predicted octanol–water partition coefficient (Wildman–Crippen LogP) is 5.64. The molecule has 1 heterocycles. The van der Waals surface area contributed by atoms with Gasteiger partial charge in [-0.05, 0) is 48.8 Å². The highest BCUT2D eigenvalue weighted by molar-refractivity contribution is 6.74. The fraction of sp³-hybridized carbons (Fsp3) is 0.350. The molecule has 126 valence electrons. The summed E-state index contributed by atoms with van der Waals surface area (Å²) in [6.07, 6.45) is 0. The van der Waals surface area contributed by atoms with Gasteiger partial charge in [0.05, 0.1) is 10.8 Å². The third kappa shape index (κ3) is 2.75. The number of hydrogen-bond acceptors (Lipinski definition) is 3. The lowest BCUT2D eigenvalue weighted by Gasteiger charge is -2.36. The van der Waals surface area contributed by atoms with Crippen LogP contribution in [0.5, 0.6) is 5.75 Å². The largest absolute Gasteiger partial charge is 0.543 e. The summed E-state index contributed by atoms with van der Waals surface area (Å²) in [4.78, 5) is 12.3. The molecule has 4 heteroatoms. The van der Waals surface area contributed by atoms with Crippen molar-refractivity contribution in [1.29, 1.82) is 0 Å². The average molecular weight is 340 g/mol. The molecule has 0 unspecified atom stereocenters. The highest BCUT2D eigenvalue weighted by atomic mass is 28.4. The van der Waals surface area contributed by atoms with E-state index >= 15 is 0 Å². The monoisotopic (exact) mass is 340 g/mol. The van der Waals surface area contributed by atoms with Gasteiger partial charge in [-0.25, -0.2) is 4.79 Å². The molecule has 0 atom stereocenters. The van der Waals surface area contributed by atoms with Gasteiger partial charge in [-0.2, -0.15) is 0 Å². The average Bonchev–Trinajstić information content (AvgIpc) is 2.45. The van der Waals surface area contributed by atoms with E-state index < -0.39 is 8.32 Å². The van der Waals surface area contributed by atoms with Crippen LogP contribution in [0.1, 0.15) is 26.3 Å². The second kappa shape index (κ2) is 5.48. The summed E-state index contributed by atoms with van der Waals surface area (Å²) in [5, 5.41) is 2.46. The Labute approximate surface area is 143 Å². The topological polar surface area (TPSA) is 39.4 Å². The third-order valence-corrected chi connectivity index (χ3v) is 9.34. The van der Waals surface area contributed by atoms with Gasteiger partial charge in [0.1, 0.15) is 11.3 Å². The molecule has 3 nitrogen and oxygen atoms in total. The van der Waals surface area contributed by atoms with Gasteiger partial charge in [-0.1, -0.05) is 39.0 Å². The number of aryl methyl sites for hydroxylation is 1. The van der Waals surface area contributed by atoms with E-state index in [4.69, 9.17) is 8.84 Å². The molecule has 0 aliphatic heterocycles. The smallest absolute Gasteiger partial charge is 0.344 e.